The molecule has 24 heavy (non-hydrogen) atoms. The van der Waals surface area contributed by atoms with Crippen molar-refractivity contribution >= 4 is 17.5 Å². The zero-order valence-electron chi connectivity index (χ0n) is 13.3. The number of hydrogen-bond donors (Lipinski definition) is 1. The second-order valence-electron chi connectivity index (χ2n) is 5.28. The maximum absolute atomic E-state index is 13.3. The van der Waals surface area contributed by atoms with Crippen molar-refractivity contribution in [2.24, 2.45) is 0 Å². The third-order valence-corrected chi connectivity index (χ3v) is 3.49. The highest BCUT2D eigenvalue weighted by molar-refractivity contribution is 5.92. The quantitative estimate of drug-likeness (QED) is 0.884. The van der Waals surface area contributed by atoms with Crippen molar-refractivity contribution < 1.29 is 18.4 Å². The van der Waals surface area contributed by atoms with E-state index in [1.54, 1.807) is 0 Å². The highest BCUT2D eigenvalue weighted by Crippen LogP contribution is 2.18. The number of halogens is 2. The second kappa shape index (κ2) is 8.19. The van der Waals surface area contributed by atoms with E-state index < -0.39 is 11.6 Å². The Balaban J connectivity index is 1.92. The molecule has 0 aliphatic carbocycles. The van der Waals surface area contributed by atoms with Gasteiger partial charge in [-0.25, -0.2) is 8.78 Å². The van der Waals surface area contributed by atoms with Gasteiger partial charge in [-0.1, -0.05) is 30.3 Å². The molecule has 0 saturated carbocycles. The molecule has 0 aliphatic heterocycles. The van der Waals surface area contributed by atoms with Gasteiger partial charge in [0.25, 0.3) is 0 Å². The van der Waals surface area contributed by atoms with Gasteiger partial charge in [-0.3, -0.25) is 9.59 Å². The fraction of sp³-hybridized carbons (Fsp3) is 0.222. The molecule has 0 fully saturated rings. The molecule has 0 saturated heterocycles. The van der Waals surface area contributed by atoms with Crippen LogP contribution in [0.3, 0.4) is 0 Å². The van der Waals surface area contributed by atoms with Crippen LogP contribution in [0.4, 0.5) is 14.5 Å². The highest BCUT2D eigenvalue weighted by atomic mass is 19.2. The van der Waals surface area contributed by atoms with Gasteiger partial charge in [-0.15, -0.1) is 0 Å². The third-order valence-electron chi connectivity index (χ3n) is 3.49. The predicted molar refractivity (Wildman–Crippen MR) is 87.3 cm³/mol. The van der Waals surface area contributed by atoms with Crippen molar-refractivity contribution in [1.82, 2.24) is 5.32 Å². The number of nitrogens with zero attached hydrogens (tertiary/aromatic N) is 1. The summed E-state index contributed by atoms with van der Waals surface area (Å²) in [7, 11) is 0. The van der Waals surface area contributed by atoms with Gasteiger partial charge in [0.15, 0.2) is 11.6 Å². The maximum Gasteiger partial charge on any atom is 0.223 e. The first kappa shape index (κ1) is 17.6. The van der Waals surface area contributed by atoms with Crippen LogP contribution in [-0.4, -0.2) is 18.4 Å². The summed E-state index contributed by atoms with van der Waals surface area (Å²) in [5.74, 6) is -2.60. The molecule has 1 N–H and O–H groups in total. The Morgan fingerprint density at radius 2 is 1.75 bits per heavy atom. The van der Waals surface area contributed by atoms with Crippen LogP contribution in [0.15, 0.2) is 48.5 Å². The molecule has 0 bridgehead atoms. The average molecular weight is 332 g/mol. The van der Waals surface area contributed by atoms with Crippen molar-refractivity contribution in [2.75, 3.05) is 11.4 Å². The first-order valence-corrected chi connectivity index (χ1v) is 7.51. The van der Waals surface area contributed by atoms with Crippen LogP contribution in [0.5, 0.6) is 0 Å². The number of hydrogen-bond acceptors (Lipinski definition) is 2. The van der Waals surface area contributed by atoms with Gasteiger partial charge in [0.05, 0.1) is 0 Å². The van der Waals surface area contributed by atoms with Crippen LogP contribution >= 0.6 is 0 Å². The van der Waals surface area contributed by atoms with Gasteiger partial charge in [-0.2, -0.15) is 0 Å². The maximum atomic E-state index is 13.3. The van der Waals surface area contributed by atoms with E-state index in [1.807, 2.05) is 30.3 Å². The summed E-state index contributed by atoms with van der Waals surface area (Å²) in [6.45, 7) is 1.79. The summed E-state index contributed by atoms with van der Waals surface area (Å²) in [6, 6.07) is 12.6. The monoisotopic (exact) mass is 332 g/mol. The number of nitrogens with one attached hydrogen (secondary N) is 1. The Morgan fingerprint density at radius 3 is 2.38 bits per heavy atom. The summed E-state index contributed by atoms with van der Waals surface area (Å²) < 4.78 is 26.3. The average Bonchev–Trinajstić information content (AvgIpc) is 2.57. The van der Waals surface area contributed by atoms with E-state index >= 15 is 0 Å². The van der Waals surface area contributed by atoms with Crippen LogP contribution in [-0.2, 0) is 16.1 Å². The molecule has 0 aliphatic rings. The third kappa shape index (κ3) is 4.87. The number of rotatable bonds is 6. The lowest BCUT2D eigenvalue weighted by atomic mass is 10.2. The summed E-state index contributed by atoms with van der Waals surface area (Å²) in [6.07, 6.45) is 0.0609. The minimum absolute atomic E-state index is 0.0609. The molecule has 4 nitrogen and oxygen atoms in total. The molecule has 0 spiro atoms. The largest absolute Gasteiger partial charge is 0.352 e. The minimum Gasteiger partial charge on any atom is -0.352 e. The first-order valence-electron chi connectivity index (χ1n) is 7.51. The molecule has 0 radical (unpaired) electrons. The predicted octanol–water partition coefficient (Wildman–Crippen LogP) is 3.02. The van der Waals surface area contributed by atoms with Crippen LogP contribution in [0.2, 0.25) is 0 Å². The van der Waals surface area contributed by atoms with Gasteiger partial charge >= 0.3 is 0 Å². The summed E-state index contributed by atoms with van der Waals surface area (Å²) in [5, 5.41) is 2.75. The molecular formula is C18H18F2N2O2. The molecule has 2 amide bonds. The van der Waals surface area contributed by atoms with E-state index in [0.29, 0.717) is 6.54 Å². The van der Waals surface area contributed by atoms with Gasteiger partial charge in [-0.05, 0) is 17.7 Å². The van der Waals surface area contributed by atoms with E-state index in [0.717, 1.165) is 17.7 Å². The van der Waals surface area contributed by atoms with E-state index in [9.17, 15) is 18.4 Å². The van der Waals surface area contributed by atoms with Crippen LogP contribution in [0.25, 0.3) is 0 Å². The molecule has 0 unspecified atom stereocenters. The van der Waals surface area contributed by atoms with Gasteiger partial charge in [0, 0.05) is 38.2 Å². The Hall–Kier alpha value is -2.76. The van der Waals surface area contributed by atoms with Gasteiger partial charge < -0.3 is 10.2 Å². The topological polar surface area (TPSA) is 49.4 Å². The number of carbonyl (C=O) groups excluding carboxylic acids is 2. The molecule has 6 heteroatoms. The lowest BCUT2D eigenvalue weighted by Gasteiger charge is -2.21. The first-order chi connectivity index (χ1) is 11.5. The fourth-order valence-electron chi connectivity index (χ4n) is 2.22. The number of anilines is 1. The molecule has 0 heterocycles. The van der Waals surface area contributed by atoms with Gasteiger partial charge in [0.2, 0.25) is 11.8 Å². The zero-order valence-corrected chi connectivity index (χ0v) is 13.3. The number of carbonyl (C=O) groups is 2. The van der Waals surface area contributed by atoms with E-state index in [-0.39, 0.29) is 30.5 Å². The van der Waals surface area contributed by atoms with Crippen molar-refractivity contribution in [3.8, 4) is 0 Å². The lowest BCUT2D eigenvalue weighted by molar-refractivity contribution is -0.121. The zero-order chi connectivity index (χ0) is 17.5. The smallest absolute Gasteiger partial charge is 0.223 e. The van der Waals surface area contributed by atoms with E-state index in [2.05, 4.69) is 5.32 Å². The lowest BCUT2D eigenvalue weighted by Crippen LogP contribution is -2.33. The second-order valence-corrected chi connectivity index (χ2v) is 5.28. The fourth-order valence-corrected chi connectivity index (χ4v) is 2.22. The highest BCUT2D eigenvalue weighted by Gasteiger charge is 2.15. The molecule has 0 atom stereocenters. The molecule has 2 rings (SSSR count). The van der Waals surface area contributed by atoms with Crippen LogP contribution < -0.4 is 10.2 Å². The molecule has 126 valence electrons. The summed E-state index contributed by atoms with van der Waals surface area (Å²) >= 11 is 0. The molecule has 2 aromatic carbocycles. The summed E-state index contributed by atoms with van der Waals surface area (Å²) in [4.78, 5) is 24.9. The Morgan fingerprint density at radius 1 is 1.04 bits per heavy atom. The number of benzene rings is 2. The van der Waals surface area contributed by atoms with Crippen LogP contribution in [0.1, 0.15) is 18.9 Å². The SMILES string of the molecule is CC(=O)N(CCC(=O)NCc1ccccc1)c1ccc(F)c(F)c1. The Bertz CT molecular complexity index is 720. The molecule has 2 aromatic rings. The van der Waals surface area contributed by atoms with Crippen LogP contribution in [0, 0.1) is 11.6 Å². The minimum atomic E-state index is -1.03. The van der Waals surface area contributed by atoms with Crippen molar-refractivity contribution in [2.45, 2.75) is 19.9 Å². The normalized spacial score (nSPS) is 10.3. The van der Waals surface area contributed by atoms with Crippen molar-refractivity contribution in [1.29, 1.82) is 0 Å². The van der Waals surface area contributed by atoms with E-state index in [1.165, 1.54) is 17.9 Å². The van der Waals surface area contributed by atoms with E-state index in [4.69, 9.17) is 0 Å². The number of amides is 2. The van der Waals surface area contributed by atoms with Crippen molar-refractivity contribution in [3.63, 3.8) is 0 Å². The molecular weight excluding hydrogens is 314 g/mol. The molecule has 0 aromatic heterocycles. The standard InChI is InChI=1S/C18H18F2N2O2/c1-13(23)22(15-7-8-16(19)17(20)11-15)10-9-18(24)21-12-14-5-3-2-4-6-14/h2-8,11H,9-10,12H2,1H3,(H,21,24). The summed E-state index contributed by atoms with van der Waals surface area (Å²) in [5.41, 5.74) is 1.19. The van der Waals surface area contributed by atoms with Gasteiger partial charge in [0.1, 0.15) is 0 Å². The van der Waals surface area contributed by atoms with Crippen molar-refractivity contribution in [3.05, 3.63) is 65.7 Å². The Labute approximate surface area is 139 Å². The Kier molecular flexibility index (Phi) is 6.01.